The number of halogens is 2. The Morgan fingerprint density at radius 1 is 1.16 bits per heavy atom. The Morgan fingerprint density at radius 3 is 2.52 bits per heavy atom. The third-order valence-electron chi connectivity index (χ3n) is 4.03. The Balaban J connectivity index is 2.05. The van der Waals surface area contributed by atoms with Crippen LogP contribution >= 0.6 is 23.2 Å². The van der Waals surface area contributed by atoms with Crippen LogP contribution in [0.3, 0.4) is 0 Å². The maximum Gasteiger partial charge on any atom is 0.241 e. The van der Waals surface area contributed by atoms with Crippen LogP contribution in [0.25, 0.3) is 0 Å². The van der Waals surface area contributed by atoms with E-state index in [0.717, 1.165) is 5.56 Å². The van der Waals surface area contributed by atoms with Gasteiger partial charge in [0.05, 0.1) is 16.1 Å². The maximum atomic E-state index is 12.5. The van der Waals surface area contributed by atoms with Crippen LogP contribution in [0.15, 0.2) is 42.5 Å². The SMILES string of the molecule is CC(=O)c1cccc(NC(=O)C(C)N(C)Cc2cccc(Cl)c2Cl)c1. The number of Topliss-reactive ketones (excluding diaryl/α,β-unsaturated/α-hetero) is 1. The molecule has 1 atom stereocenters. The summed E-state index contributed by atoms with van der Waals surface area (Å²) in [6.45, 7) is 3.79. The average molecular weight is 379 g/mol. The topological polar surface area (TPSA) is 49.4 Å². The quantitative estimate of drug-likeness (QED) is 0.743. The monoisotopic (exact) mass is 378 g/mol. The van der Waals surface area contributed by atoms with Crippen LogP contribution in [0.4, 0.5) is 5.69 Å². The second-order valence-electron chi connectivity index (χ2n) is 5.93. The Hall–Kier alpha value is -1.88. The van der Waals surface area contributed by atoms with Gasteiger partial charge in [-0.3, -0.25) is 14.5 Å². The lowest BCUT2D eigenvalue weighted by Gasteiger charge is -2.24. The molecule has 1 amide bonds. The van der Waals surface area contributed by atoms with Crippen molar-refractivity contribution in [1.29, 1.82) is 0 Å². The fourth-order valence-electron chi connectivity index (χ4n) is 2.34. The van der Waals surface area contributed by atoms with E-state index in [9.17, 15) is 9.59 Å². The number of carbonyl (C=O) groups excluding carboxylic acids is 2. The fourth-order valence-corrected chi connectivity index (χ4v) is 2.72. The van der Waals surface area contributed by atoms with E-state index in [-0.39, 0.29) is 11.7 Å². The number of carbonyl (C=O) groups is 2. The van der Waals surface area contributed by atoms with Crippen LogP contribution in [0.2, 0.25) is 10.0 Å². The largest absolute Gasteiger partial charge is 0.325 e. The van der Waals surface area contributed by atoms with Gasteiger partial charge >= 0.3 is 0 Å². The van der Waals surface area contributed by atoms with Crippen molar-refractivity contribution in [3.05, 3.63) is 63.6 Å². The lowest BCUT2D eigenvalue weighted by atomic mass is 10.1. The summed E-state index contributed by atoms with van der Waals surface area (Å²) >= 11 is 12.2. The highest BCUT2D eigenvalue weighted by Crippen LogP contribution is 2.26. The van der Waals surface area contributed by atoms with Crippen molar-refractivity contribution in [3.63, 3.8) is 0 Å². The molecule has 0 radical (unpaired) electrons. The number of nitrogens with zero attached hydrogens (tertiary/aromatic N) is 1. The van der Waals surface area contributed by atoms with E-state index < -0.39 is 6.04 Å². The van der Waals surface area contributed by atoms with E-state index in [1.54, 1.807) is 30.3 Å². The molecule has 1 unspecified atom stereocenters. The van der Waals surface area contributed by atoms with Gasteiger partial charge in [-0.2, -0.15) is 0 Å². The first-order chi connectivity index (χ1) is 11.8. The zero-order valence-corrected chi connectivity index (χ0v) is 15.9. The molecule has 0 saturated heterocycles. The highest BCUT2D eigenvalue weighted by molar-refractivity contribution is 6.42. The number of benzene rings is 2. The molecule has 0 fully saturated rings. The lowest BCUT2D eigenvalue weighted by Crippen LogP contribution is -2.39. The summed E-state index contributed by atoms with van der Waals surface area (Å²) in [6, 6.07) is 11.9. The van der Waals surface area contributed by atoms with Gasteiger partial charge in [-0.15, -0.1) is 0 Å². The number of ketones is 1. The molecule has 0 aliphatic rings. The zero-order chi connectivity index (χ0) is 18.6. The Morgan fingerprint density at radius 2 is 1.84 bits per heavy atom. The van der Waals surface area contributed by atoms with Crippen LogP contribution in [0.5, 0.6) is 0 Å². The van der Waals surface area contributed by atoms with Crippen molar-refractivity contribution in [1.82, 2.24) is 4.90 Å². The number of amides is 1. The summed E-state index contributed by atoms with van der Waals surface area (Å²) in [7, 11) is 1.84. The molecule has 6 heteroatoms. The van der Waals surface area contributed by atoms with Gasteiger partial charge in [-0.25, -0.2) is 0 Å². The number of anilines is 1. The Bertz CT molecular complexity index is 793. The van der Waals surface area contributed by atoms with E-state index >= 15 is 0 Å². The minimum atomic E-state index is -0.393. The van der Waals surface area contributed by atoms with Crippen LogP contribution in [0.1, 0.15) is 29.8 Å². The first-order valence-electron chi connectivity index (χ1n) is 7.84. The molecule has 2 aromatic carbocycles. The minimum Gasteiger partial charge on any atom is -0.325 e. The summed E-state index contributed by atoms with van der Waals surface area (Å²) in [5.74, 6) is -0.210. The third kappa shape index (κ3) is 5.05. The van der Waals surface area contributed by atoms with Gasteiger partial charge in [0.15, 0.2) is 5.78 Å². The van der Waals surface area contributed by atoms with Gasteiger partial charge in [0.1, 0.15) is 0 Å². The summed E-state index contributed by atoms with van der Waals surface area (Å²) in [5, 5.41) is 3.83. The molecular formula is C19H20Cl2N2O2. The third-order valence-corrected chi connectivity index (χ3v) is 4.89. The lowest BCUT2D eigenvalue weighted by molar-refractivity contribution is -0.120. The molecule has 2 aromatic rings. The molecule has 4 nitrogen and oxygen atoms in total. The molecule has 25 heavy (non-hydrogen) atoms. The Labute approximate surface area is 157 Å². The smallest absolute Gasteiger partial charge is 0.241 e. The molecule has 0 aliphatic carbocycles. The second kappa shape index (κ2) is 8.48. The van der Waals surface area contributed by atoms with Crippen LogP contribution in [-0.4, -0.2) is 29.7 Å². The van der Waals surface area contributed by atoms with Crippen molar-refractivity contribution in [2.75, 3.05) is 12.4 Å². The van der Waals surface area contributed by atoms with Crippen molar-refractivity contribution >= 4 is 40.6 Å². The van der Waals surface area contributed by atoms with Gasteiger partial charge in [0.2, 0.25) is 5.91 Å². The van der Waals surface area contributed by atoms with E-state index in [4.69, 9.17) is 23.2 Å². The molecule has 0 saturated carbocycles. The second-order valence-corrected chi connectivity index (χ2v) is 6.72. The summed E-state index contributed by atoms with van der Waals surface area (Å²) in [4.78, 5) is 25.8. The molecule has 1 N–H and O–H groups in total. The standard InChI is InChI=1S/C19H20Cl2N2O2/c1-12(23(3)11-15-7-5-9-17(20)18(15)21)19(25)22-16-8-4-6-14(10-16)13(2)24/h4-10,12H,11H2,1-3H3,(H,22,25). The molecule has 132 valence electrons. The van der Waals surface area contributed by atoms with Gasteiger partial charge in [-0.1, -0.05) is 47.5 Å². The van der Waals surface area contributed by atoms with Gasteiger partial charge in [0, 0.05) is 17.8 Å². The van der Waals surface area contributed by atoms with Gasteiger partial charge in [-0.05, 0) is 44.7 Å². The zero-order valence-electron chi connectivity index (χ0n) is 14.3. The van der Waals surface area contributed by atoms with Crippen LogP contribution < -0.4 is 5.32 Å². The Kier molecular flexibility index (Phi) is 6.59. The van der Waals surface area contributed by atoms with Crippen LogP contribution in [-0.2, 0) is 11.3 Å². The van der Waals surface area contributed by atoms with E-state index in [2.05, 4.69) is 5.32 Å². The fraction of sp³-hybridized carbons (Fsp3) is 0.263. The van der Waals surface area contributed by atoms with E-state index in [0.29, 0.717) is 27.8 Å². The molecule has 0 spiro atoms. The first-order valence-corrected chi connectivity index (χ1v) is 8.60. The number of nitrogens with one attached hydrogen (secondary N) is 1. The summed E-state index contributed by atoms with van der Waals surface area (Å²) in [5.41, 5.74) is 2.01. The molecular weight excluding hydrogens is 359 g/mol. The number of likely N-dealkylation sites (N-methyl/N-ethyl adjacent to an activating group) is 1. The van der Waals surface area contributed by atoms with Crippen molar-refractivity contribution < 1.29 is 9.59 Å². The average Bonchev–Trinajstić information content (AvgIpc) is 2.58. The molecule has 2 rings (SSSR count). The van der Waals surface area contributed by atoms with Crippen molar-refractivity contribution in [2.45, 2.75) is 26.4 Å². The summed E-state index contributed by atoms with van der Waals surface area (Å²) < 4.78 is 0. The minimum absolute atomic E-state index is 0.0446. The maximum absolute atomic E-state index is 12.5. The molecule has 0 aromatic heterocycles. The predicted molar refractivity (Wildman–Crippen MR) is 102 cm³/mol. The molecule has 0 heterocycles. The molecule has 0 bridgehead atoms. The van der Waals surface area contributed by atoms with Crippen molar-refractivity contribution in [3.8, 4) is 0 Å². The van der Waals surface area contributed by atoms with Crippen LogP contribution in [0, 0.1) is 0 Å². The number of hydrogen-bond donors (Lipinski definition) is 1. The van der Waals surface area contributed by atoms with Gasteiger partial charge in [0.25, 0.3) is 0 Å². The number of rotatable bonds is 6. The van der Waals surface area contributed by atoms with Gasteiger partial charge < -0.3 is 5.32 Å². The summed E-state index contributed by atoms with van der Waals surface area (Å²) in [6.07, 6.45) is 0. The predicted octanol–water partition coefficient (Wildman–Crippen LogP) is 4.66. The highest BCUT2D eigenvalue weighted by Gasteiger charge is 2.19. The number of hydrogen-bond acceptors (Lipinski definition) is 3. The molecule has 0 aliphatic heterocycles. The highest BCUT2D eigenvalue weighted by atomic mass is 35.5. The van der Waals surface area contributed by atoms with E-state index in [1.165, 1.54) is 6.92 Å². The first kappa shape index (κ1) is 19.4. The van der Waals surface area contributed by atoms with E-state index in [1.807, 2.05) is 31.0 Å². The van der Waals surface area contributed by atoms with Crippen molar-refractivity contribution in [2.24, 2.45) is 0 Å². The normalized spacial score (nSPS) is 12.1.